The normalized spacial score (nSPS) is 11.2. The minimum atomic E-state index is 0.800. The maximum Gasteiger partial charge on any atom is 0.375 e. The number of hydrogen-bond acceptors (Lipinski definition) is 3. The summed E-state index contributed by atoms with van der Waals surface area (Å²) in [5, 5.41) is 3.23. The molecule has 0 bridgehead atoms. The minimum Gasteiger partial charge on any atom is -0.497 e. The van der Waals surface area contributed by atoms with Crippen LogP contribution in [0.25, 0.3) is 17.2 Å². The molecule has 0 aliphatic rings. The van der Waals surface area contributed by atoms with Gasteiger partial charge in [-0.05, 0) is 31.2 Å². The predicted molar refractivity (Wildman–Crippen MR) is 87.7 cm³/mol. The van der Waals surface area contributed by atoms with Crippen molar-refractivity contribution in [3.63, 3.8) is 0 Å². The molecule has 0 radical (unpaired) electrons. The van der Waals surface area contributed by atoms with E-state index in [2.05, 4.69) is 16.8 Å². The Hall–Kier alpha value is -2.75. The van der Waals surface area contributed by atoms with Crippen LogP contribution in [0.4, 0.5) is 5.69 Å². The third kappa shape index (κ3) is 2.81. The first-order valence-corrected chi connectivity index (χ1v) is 7.30. The van der Waals surface area contributed by atoms with Crippen molar-refractivity contribution >= 4 is 22.9 Å². The van der Waals surface area contributed by atoms with Crippen LogP contribution in [-0.2, 0) is 6.54 Å². The number of nitrogens with one attached hydrogen (secondary N) is 1. The Morgan fingerprint density at radius 3 is 2.73 bits per heavy atom. The fraction of sp³-hybridized carbons (Fsp3) is 0.167. The van der Waals surface area contributed by atoms with E-state index in [-0.39, 0.29) is 0 Å². The molecule has 1 N–H and O–H groups in total. The highest BCUT2D eigenvalue weighted by molar-refractivity contribution is 5.72. The lowest BCUT2D eigenvalue weighted by Crippen LogP contribution is -2.33. The Morgan fingerprint density at radius 2 is 2.00 bits per heavy atom. The zero-order chi connectivity index (χ0) is 15.4. The van der Waals surface area contributed by atoms with Crippen LogP contribution in [0.5, 0.6) is 5.75 Å². The SMILES string of the molecule is CC[n+]1c(C=CNc2ccccc2)oc2ccc(OC)cc21. The maximum atomic E-state index is 5.91. The van der Waals surface area contributed by atoms with E-state index in [0.717, 1.165) is 35.0 Å². The molecule has 0 unspecified atom stereocenters. The van der Waals surface area contributed by atoms with Gasteiger partial charge in [-0.3, -0.25) is 0 Å². The van der Waals surface area contributed by atoms with Gasteiger partial charge in [0.1, 0.15) is 12.3 Å². The Bertz CT molecular complexity index is 791. The van der Waals surface area contributed by atoms with Crippen molar-refractivity contribution in [3.05, 3.63) is 60.6 Å². The van der Waals surface area contributed by atoms with Crippen LogP contribution in [0.15, 0.2) is 59.1 Å². The van der Waals surface area contributed by atoms with Crippen LogP contribution in [0, 0.1) is 0 Å². The number of fused-ring (bicyclic) bond motifs is 1. The molecule has 1 heterocycles. The molecule has 3 rings (SSSR count). The number of hydrogen-bond donors (Lipinski definition) is 1. The average Bonchev–Trinajstić information content (AvgIpc) is 2.92. The number of benzene rings is 2. The second kappa shape index (κ2) is 6.35. The minimum absolute atomic E-state index is 0.800. The molecule has 0 atom stereocenters. The van der Waals surface area contributed by atoms with Crippen molar-refractivity contribution < 1.29 is 13.7 Å². The molecule has 22 heavy (non-hydrogen) atoms. The standard InChI is InChI=1S/C18H18N2O2/c1-3-20-16-13-15(21-2)9-10-17(16)22-18(20)11-12-19-14-7-5-4-6-8-14/h4-13H,3H2,1-2H3/p+1. The second-order valence-electron chi connectivity index (χ2n) is 4.86. The van der Waals surface area contributed by atoms with E-state index >= 15 is 0 Å². The molecular weight excluding hydrogens is 276 g/mol. The summed E-state index contributed by atoms with van der Waals surface area (Å²) in [4.78, 5) is 0. The molecule has 0 aliphatic heterocycles. The van der Waals surface area contributed by atoms with Crippen molar-refractivity contribution in [2.45, 2.75) is 13.5 Å². The van der Waals surface area contributed by atoms with Crippen LogP contribution >= 0.6 is 0 Å². The van der Waals surface area contributed by atoms with E-state index in [4.69, 9.17) is 9.15 Å². The third-order valence-corrected chi connectivity index (χ3v) is 3.50. The largest absolute Gasteiger partial charge is 0.497 e. The topological polar surface area (TPSA) is 38.3 Å². The van der Waals surface area contributed by atoms with E-state index in [1.165, 1.54) is 0 Å². The van der Waals surface area contributed by atoms with E-state index < -0.39 is 0 Å². The van der Waals surface area contributed by atoms with Crippen molar-refractivity contribution in [2.24, 2.45) is 0 Å². The van der Waals surface area contributed by atoms with Gasteiger partial charge in [-0.15, -0.1) is 0 Å². The summed E-state index contributed by atoms with van der Waals surface area (Å²) in [6.07, 6.45) is 3.82. The molecule has 3 aromatic rings. The van der Waals surface area contributed by atoms with Crippen LogP contribution in [-0.4, -0.2) is 7.11 Å². The summed E-state index contributed by atoms with van der Waals surface area (Å²) in [7, 11) is 1.67. The Balaban J connectivity index is 1.90. The van der Waals surface area contributed by atoms with Gasteiger partial charge >= 0.3 is 5.89 Å². The molecule has 4 heteroatoms. The lowest BCUT2D eigenvalue weighted by molar-refractivity contribution is -0.674. The fourth-order valence-electron chi connectivity index (χ4n) is 2.40. The summed E-state index contributed by atoms with van der Waals surface area (Å²) in [6.45, 7) is 2.92. The quantitative estimate of drug-likeness (QED) is 0.727. The average molecular weight is 295 g/mol. The van der Waals surface area contributed by atoms with Gasteiger partial charge in [0, 0.05) is 11.9 Å². The van der Waals surface area contributed by atoms with Gasteiger partial charge in [0.05, 0.1) is 19.3 Å². The highest BCUT2D eigenvalue weighted by atomic mass is 16.5. The van der Waals surface area contributed by atoms with Gasteiger partial charge in [-0.2, -0.15) is 4.57 Å². The molecule has 0 amide bonds. The molecule has 0 saturated heterocycles. The summed E-state index contributed by atoms with van der Waals surface area (Å²) >= 11 is 0. The molecular formula is C18H19N2O2+. The van der Waals surface area contributed by atoms with Crippen molar-refractivity contribution in [2.75, 3.05) is 12.4 Å². The number of aryl methyl sites for hydroxylation is 1. The number of para-hydroxylation sites is 1. The molecule has 112 valence electrons. The number of anilines is 1. The molecule has 2 aromatic carbocycles. The van der Waals surface area contributed by atoms with Gasteiger partial charge in [0.2, 0.25) is 5.58 Å². The maximum absolute atomic E-state index is 5.91. The van der Waals surface area contributed by atoms with E-state index in [9.17, 15) is 0 Å². The summed E-state index contributed by atoms with van der Waals surface area (Å²) in [5.41, 5.74) is 2.92. The molecule has 0 aliphatic carbocycles. The van der Waals surface area contributed by atoms with E-state index in [1.54, 1.807) is 7.11 Å². The van der Waals surface area contributed by atoms with Crippen LogP contribution in [0.3, 0.4) is 0 Å². The Morgan fingerprint density at radius 1 is 1.18 bits per heavy atom. The predicted octanol–water partition coefficient (Wildman–Crippen LogP) is 3.83. The fourth-order valence-corrected chi connectivity index (χ4v) is 2.40. The highest BCUT2D eigenvalue weighted by Gasteiger charge is 2.19. The zero-order valence-corrected chi connectivity index (χ0v) is 12.7. The molecule has 1 aromatic heterocycles. The number of oxazole rings is 1. The second-order valence-corrected chi connectivity index (χ2v) is 4.86. The zero-order valence-electron chi connectivity index (χ0n) is 12.7. The third-order valence-electron chi connectivity index (χ3n) is 3.50. The summed E-state index contributed by atoms with van der Waals surface area (Å²) < 4.78 is 13.3. The van der Waals surface area contributed by atoms with Gasteiger partial charge in [-0.25, -0.2) is 0 Å². The highest BCUT2D eigenvalue weighted by Crippen LogP contribution is 2.20. The summed E-state index contributed by atoms with van der Waals surface area (Å²) in [5.74, 6) is 1.63. The van der Waals surface area contributed by atoms with Gasteiger partial charge in [0.15, 0.2) is 0 Å². The van der Waals surface area contributed by atoms with E-state index in [0.29, 0.717) is 0 Å². The Labute approximate surface area is 129 Å². The molecule has 4 nitrogen and oxygen atoms in total. The van der Waals surface area contributed by atoms with Crippen LogP contribution in [0.1, 0.15) is 12.8 Å². The molecule has 0 fully saturated rings. The van der Waals surface area contributed by atoms with Crippen molar-refractivity contribution in [1.82, 2.24) is 0 Å². The van der Waals surface area contributed by atoms with Crippen LogP contribution in [0.2, 0.25) is 0 Å². The van der Waals surface area contributed by atoms with Gasteiger partial charge in [-0.1, -0.05) is 18.2 Å². The first-order chi connectivity index (χ1) is 10.8. The molecule has 0 saturated carbocycles. The number of nitrogens with zero attached hydrogens (tertiary/aromatic N) is 1. The number of aromatic nitrogens is 1. The summed E-state index contributed by atoms with van der Waals surface area (Å²) in [6, 6.07) is 15.8. The van der Waals surface area contributed by atoms with Crippen molar-refractivity contribution in [3.8, 4) is 5.75 Å². The molecule has 0 spiro atoms. The van der Waals surface area contributed by atoms with Crippen molar-refractivity contribution in [1.29, 1.82) is 0 Å². The smallest absolute Gasteiger partial charge is 0.375 e. The lowest BCUT2D eigenvalue weighted by atomic mass is 10.3. The monoisotopic (exact) mass is 295 g/mol. The first-order valence-electron chi connectivity index (χ1n) is 7.30. The lowest BCUT2D eigenvalue weighted by Gasteiger charge is -1.97. The van der Waals surface area contributed by atoms with E-state index in [1.807, 2.05) is 60.8 Å². The Kier molecular flexibility index (Phi) is 4.10. The number of rotatable bonds is 5. The first kappa shape index (κ1) is 14.2. The number of ether oxygens (including phenoxy) is 1. The van der Waals surface area contributed by atoms with Gasteiger partial charge < -0.3 is 14.5 Å². The van der Waals surface area contributed by atoms with Gasteiger partial charge in [0.25, 0.3) is 5.52 Å². The number of methoxy groups -OCH3 is 1. The van der Waals surface area contributed by atoms with Crippen LogP contribution < -0.4 is 14.6 Å².